The molecule has 1 fully saturated rings. The molecule has 2 heterocycles. The molecule has 118 valence electrons. The maximum absolute atomic E-state index is 12.1. The number of anilines is 2. The third-order valence-corrected chi connectivity index (χ3v) is 4.10. The van der Waals surface area contributed by atoms with Crippen molar-refractivity contribution in [3.8, 4) is 0 Å². The number of amides is 1. The van der Waals surface area contributed by atoms with E-state index in [-0.39, 0.29) is 17.8 Å². The summed E-state index contributed by atoms with van der Waals surface area (Å²) in [5.74, 6) is 0.0839. The van der Waals surface area contributed by atoms with E-state index in [2.05, 4.69) is 15.2 Å². The van der Waals surface area contributed by atoms with Crippen LogP contribution in [0.25, 0.3) is 0 Å². The first-order chi connectivity index (χ1) is 10.1. The highest BCUT2D eigenvalue weighted by atomic mass is 32.1. The minimum Gasteiger partial charge on any atom is -0.382 e. The summed E-state index contributed by atoms with van der Waals surface area (Å²) < 4.78 is 10.7. The molecule has 21 heavy (non-hydrogen) atoms. The van der Waals surface area contributed by atoms with E-state index in [0.717, 1.165) is 18.2 Å². The van der Waals surface area contributed by atoms with Gasteiger partial charge in [-0.1, -0.05) is 11.3 Å². The molecule has 1 aromatic heterocycles. The van der Waals surface area contributed by atoms with Crippen molar-refractivity contribution < 1.29 is 14.3 Å². The van der Waals surface area contributed by atoms with Crippen LogP contribution in [0.1, 0.15) is 23.5 Å². The number of aromatic nitrogens is 1. The average molecular weight is 314 g/mol. The van der Waals surface area contributed by atoms with Crippen molar-refractivity contribution in [3.05, 3.63) is 4.88 Å². The molecule has 0 saturated carbocycles. The Kier molecular flexibility index (Phi) is 5.77. The molecule has 8 heteroatoms. The third-order valence-electron chi connectivity index (χ3n) is 2.97. The zero-order chi connectivity index (χ0) is 15.2. The van der Waals surface area contributed by atoms with Gasteiger partial charge in [-0.25, -0.2) is 4.98 Å². The summed E-state index contributed by atoms with van der Waals surface area (Å²) in [6.07, 6.45) is 0.156. The quantitative estimate of drug-likeness (QED) is 0.752. The number of carbonyl (C=O) groups is 1. The van der Waals surface area contributed by atoms with Crippen molar-refractivity contribution in [2.45, 2.75) is 20.0 Å². The van der Waals surface area contributed by atoms with Gasteiger partial charge in [0, 0.05) is 19.6 Å². The molecule has 0 aromatic carbocycles. The van der Waals surface area contributed by atoms with Crippen LogP contribution in [-0.4, -0.2) is 56.5 Å². The second-order valence-corrected chi connectivity index (χ2v) is 5.96. The predicted octanol–water partition coefficient (Wildman–Crippen LogP) is 0.717. The number of morpholine rings is 1. The maximum atomic E-state index is 12.1. The Morgan fingerprint density at radius 1 is 1.52 bits per heavy atom. The number of thiazole rings is 1. The van der Waals surface area contributed by atoms with Crippen LogP contribution in [0.4, 0.5) is 10.9 Å². The Morgan fingerprint density at radius 2 is 2.24 bits per heavy atom. The fourth-order valence-electron chi connectivity index (χ4n) is 1.91. The van der Waals surface area contributed by atoms with Crippen molar-refractivity contribution in [2.75, 3.05) is 50.1 Å². The Bertz CT molecular complexity index is 472. The van der Waals surface area contributed by atoms with Gasteiger partial charge in [0.2, 0.25) is 0 Å². The molecule has 1 aliphatic heterocycles. The molecular weight excluding hydrogens is 292 g/mol. The van der Waals surface area contributed by atoms with Gasteiger partial charge < -0.3 is 25.4 Å². The highest BCUT2D eigenvalue weighted by Crippen LogP contribution is 2.28. The highest BCUT2D eigenvalue weighted by molar-refractivity contribution is 7.18. The number of rotatable bonds is 6. The minimum atomic E-state index is -0.197. The molecule has 0 aliphatic carbocycles. The maximum Gasteiger partial charge on any atom is 0.265 e. The van der Waals surface area contributed by atoms with E-state index in [9.17, 15) is 4.79 Å². The van der Waals surface area contributed by atoms with Gasteiger partial charge >= 0.3 is 0 Å². The smallest absolute Gasteiger partial charge is 0.265 e. The van der Waals surface area contributed by atoms with Crippen LogP contribution in [-0.2, 0) is 9.47 Å². The van der Waals surface area contributed by atoms with Gasteiger partial charge in [0.1, 0.15) is 10.7 Å². The zero-order valence-electron chi connectivity index (χ0n) is 12.4. The van der Waals surface area contributed by atoms with Gasteiger partial charge in [-0.15, -0.1) is 0 Å². The molecule has 2 rings (SSSR count). The lowest BCUT2D eigenvalue weighted by atomic mass is 10.4. The molecule has 1 saturated heterocycles. The normalized spacial score (nSPS) is 15.5. The summed E-state index contributed by atoms with van der Waals surface area (Å²) in [5.41, 5.74) is 5.85. The standard InChI is InChI=1S/C13H22N4O3S/c1-9(2)20-6-3-15-12(18)10-11(14)16-13(21-10)17-4-7-19-8-5-17/h9H,3-8,14H2,1-2H3,(H,15,18). The lowest BCUT2D eigenvalue weighted by Gasteiger charge is -2.25. The van der Waals surface area contributed by atoms with Gasteiger partial charge in [0.05, 0.1) is 25.9 Å². The number of nitrogens with two attached hydrogens (primary N) is 1. The largest absolute Gasteiger partial charge is 0.382 e. The summed E-state index contributed by atoms with van der Waals surface area (Å²) in [5, 5.41) is 3.57. The first-order valence-electron chi connectivity index (χ1n) is 7.06. The molecule has 1 aliphatic rings. The number of nitrogens with one attached hydrogen (secondary N) is 1. The van der Waals surface area contributed by atoms with Crippen LogP contribution in [0, 0.1) is 0 Å². The molecule has 1 amide bonds. The Morgan fingerprint density at radius 3 is 2.90 bits per heavy atom. The first kappa shape index (κ1) is 16.0. The van der Waals surface area contributed by atoms with Crippen LogP contribution < -0.4 is 16.0 Å². The van der Waals surface area contributed by atoms with E-state index in [1.807, 2.05) is 13.8 Å². The Labute approximate surface area is 128 Å². The molecule has 0 bridgehead atoms. The number of carbonyl (C=O) groups excluding carboxylic acids is 1. The van der Waals surface area contributed by atoms with Crippen LogP contribution in [0.3, 0.4) is 0 Å². The summed E-state index contributed by atoms with van der Waals surface area (Å²) in [6, 6.07) is 0. The monoisotopic (exact) mass is 314 g/mol. The van der Waals surface area contributed by atoms with Gasteiger partial charge in [-0.3, -0.25) is 4.79 Å². The van der Waals surface area contributed by atoms with Crippen molar-refractivity contribution in [3.63, 3.8) is 0 Å². The molecule has 0 unspecified atom stereocenters. The number of hydrogen-bond donors (Lipinski definition) is 2. The summed E-state index contributed by atoms with van der Waals surface area (Å²) in [6.45, 7) is 7.75. The number of nitrogens with zero attached hydrogens (tertiary/aromatic N) is 2. The topological polar surface area (TPSA) is 89.7 Å². The molecule has 0 radical (unpaired) electrons. The van der Waals surface area contributed by atoms with Crippen molar-refractivity contribution in [1.82, 2.24) is 10.3 Å². The first-order valence-corrected chi connectivity index (χ1v) is 7.88. The van der Waals surface area contributed by atoms with E-state index < -0.39 is 0 Å². The number of hydrogen-bond acceptors (Lipinski definition) is 7. The van der Waals surface area contributed by atoms with Crippen LogP contribution in [0.2, 0.25) is 0 Å². The summed E-state index contributed by atoms with van der Waals surface area (Å²) in [7, 11) is 0. The fraction of sp³-hybridized carbons (Fsp3) is 0.692. The lowest BCUT2D eigenvalue weighted by Crippen LogP contribution is -2.36. The van der Waals surface area contributed by atoms with Crippen LogP contribution in [0.15, 0.2) is 0 Å². The van der Waals surface area contributed by atoms with Gasteiger partial charge in [-0.2, -0.15) is 0 Å². The minimum absolute atomic E-state index is 0.156. The van der Waals surface area contributed by atoms with Crippen molar-refractivity contribution >= 4 is 28.2 Å². The average Bonchev–Trinajstić information content (AvgIpc) is 2.86. The third kappa shape index (κ3) is 4.55. The molecule has 1 aromatic rings. The van der Waals surface area contributed by atoms with Crippen molar-refractivity contribution in [1.29, 1.82) is 0 Å². The molecule has 7 nitrogen and oxygen atoms in total. The SMILES string of the molecule is CC(C)OCCNC(=O)c1sc(N2CCOCC2)nc1N. The molecule has 0 spiro atoms. The predicted molar refractivity (Wildman–Crippen MR) is 83.0 cm³/mol. The molecular formula is C13H22N4O3S. The van der Waals surface area contributed by atoms with E-state index in [1.54, 1.807) is 0 Å². The van der Waals surface area contributed by atoms with E-state index in [4.69, 9.17) is 15.2 Å². The highest BCUT2D eigenvalue weighted by Gasteiger charge is 2.20. The number of nitrogen functional groups attached to an aromatic ring is 1. The second kappa shape index (κ2) is 7.58. The van der Waals surface area contributed by atoms with Crippen LogP contribution >= 0.6 is 11.3 Å². The lowest BCUT2D eigenvalue weighted by molar-refractivity contribution is 0.0748. The fourth-order valence-corrected chi connectivity index (χ4v) is 2.87. The van der Waals surface area contributed by atoms with Gasteiger partial charge in [0.15, 0.2) is 5.13 Å². The van der Waals surface area contributed by atoms with Crippen molar-refractivity contribution in [2.24, 2.45) is 0 Å². The summed E-state index contributed by atoms with van der Waals surface area (Å²) in [4.78, 5) is 18.9. The van der Waals surface area contributed by atoms with Gasteiger partial charge in [0.25, 0.3) is 5.91 Å². The Hall–Kier alpha value is -1.38. The van der Waals surface area contributed by atoms with Crippen LogP contribution in [0.5, 0.6) is 0 Å². The Balaban J connectivity index is 1.90. The van der Waals surface area contributed by atoms with Gasteiger partial charge in [-0.05, 0) is 13.8 Å². The second-order valence-electron chi connectivity index (χ2n) is 4.99. The van der Waals surface area contributed by atoms with E-state index in [0.29, 0.717) is 31.2 Å². The summed E-state index contributed by atoms with van der Waals surface area (Å²) >= 11 is 1.32. The van der Waals surface area contributed by atoms with E-state index >= 15 is 0 Å². The molecule has 3 N–H and O–H groups in total. The molecule has 0 atom stereocenters. The van der Waals surface area contributed by atoms with E-state index in [1.165, 1.54) is 11.3 Å². The zero-order valence-corrected chi connectivity index (χ0v) is 13.2. The number of ether oxygens (including phenoxy) is 2.